The number of oxazole rings is 1. The van der Waals surface area contributed by atoms with Gasteiger partial charge in [0.1, 0.15) is 0 Å². The van der Waals surface area contributed by atoms with Crippen molar-refractivity contribution in [3.8, 4) is 11.3 Å². The van der Waals surface area contributed by atoms with Crippen LogP contribution in [0.1, 0.15) is 25.7 Å². The zero-order valence-electron chi connectivity index (χ0n) is 14.0. The lowest BCUT2D eigenvalue weighted by Gasteiger charge is -2.23. The molecule has 0 aliphatic heterocycles. The lowest BCUT2D eigenvalue weighted by Crippen LogP contribution is -2.39. The molecule has 1 aromatic carbocycles. The van der Waals surface area contributed by atoms with E-state index in [4.69, 9.17) is 10.2 Å². The van der Waals surface area contributed by atoms with Gasteiger partial charge in [-0.2, -0.15) is 0 Å². The van der Waals surface area contributed by atoms with Crippen molar-refractivity contribution in [2.75, 3.05) is 13.6 Å². The topological polar surface area (TPSA) is 72.4 Å². The Hall–Kier alpha value is -1.56. The first-order valence-electron chi connectivity index (χ1n) is 7.57. The number of nitrogens with two attached hydrogens (primary N) is 1. The molecule has 2 rings (SSSR count). The Morgan fingerprint density at radius 2 is 1.96 bits per heavy atom. The molecule has 5 nitrogen and oxygen atoms in total. The van der Waals surface area contributed by atoms with Gasteiger partial charge in [0.05, 0.1) is 6.20 Å². The number of aromatic nitrogens is 1. The summed E-state index contributed by atoms with van der Waals surface area (Å²) >= 11 is 0. The highest BCUT2D eigenvalue weighted by atomic mass is 35.5. The van der Waals surface area contributed by atoms with Crippen LogP contribution in [0.15, 0.2) is 40.9 Å². The van der Waals surface area contributed by atoms with Gasteiger partial charge in [0, 0.05) is 38.0 Å². The zero-order valence-corrected chi connectivity index (χ0v) is 15.6. The van der Waals surface area contributed by atoms with Crippen LogP contribution in [-0.2, 0) is 11.2 Å². The van der Waals surface area contributed by atoms with E-state index in [-0.39, 0.29) is 36.8 Å². The van der Waals surface area contributed by atoms with Crippen molar-refractivity contribution < 1.29 is 9.21 Å². The predicted molar refractivity (Wildman–Crippen MR) is 101 cm³/mol. The highest BCUT2D eigenvalue weighted by Gasteiger charge is 2.14. The molecule has 0 aliphatic carbocycles. The molecular formula is C17H25Cl2N3O2. The third-order valence-corrected chi connectivity index (χ3v) is 3.79. The fourth-order valence-electron chi connectivity index (χ4n) is 2.13. The maximum Gasteiger partial charge on any atom is 0.222 e. The molecule has 2 N–H and O–H groups in total. The third kappa shape index (κ3) is 6.15. The number of aryl methyl sites for hydroxylation is 1. The van der Waals surface area contributed by atoms with Crippen LogP contribution in [0, 0.1) is 0 Å². The Morgan fingerprint density at radius 3 is 2.58 bits per heavy atom. The van der Waals surface area contributed by atoms with Gasteiger partial charge in [0.2, 0.25) is 5.91 Å². The fourth-order valence-corrected chi connectivity index (χ4v) is 2.13. The molecule has 1 atom stereocenters. The van der Waals surface area contributed by atoms with Crippen molar-refractivity contribution in [2.45, 2.75) is 32.2 Å². The van der Waals surface area contributed by atoms with Gasteiger partial charge < -0.3 is 15.1 Å². The van der Waals surface area contributed by atoms with E-state index in [1.807, 2.05) is 37.3 Å². The van der Waals surface area contributed by atoms with E-state index in [2.05, 4.69) is 4.98 Å². The first-order chi connectivity index (χ1) is 10.6. The van der Waals surface area contributed by atoms with Crippen molar-refractivity contribution in [3.05, 3.63) is 42.4 Å². The predicted octanol–water partition coefficient (Wildman–Crippen LogP) is 3.31. The first kappa shape index (κ1) is 22.4. The summed E-state index contributed by atoms with van der Waals surface area (Å²) in [6, 6.07) is 9.92. The summed E-state index contributed by atoms with van der Waals surface area (Å²) in [6.45, 7) is 2.42. The van der Waals surface area contributed by atoms with Gasteiger partial charge in [-0.3, -0.25) is 4.79 Å². The number of hydrogen-bond donors (Lipinski definition) is 1. The Labute approximate surface area is 155 Å². The number of likely N-dealkylation sites (N-methyl/N-ethyl adjacent to an activating group) is 1. The highest BCUT2D eigenvalue weighted by molar-refractivity contribution is 5.85. The molecule has 0 spiro atoms. The number of benzene rings is 1. The average molecular weight is 374 g/mol. The van der Waals surface area contributed by atoms with Gasteiger partial charge in [-0.25, -0.2) is 4.98 Å². The van der Waals surface area contributed by atoms with E-state index in [0.717, 1.165) is 17.7 Å². The first-order valence-corrected chi connectivity index (χ1v) is 7.57. The maximum absolute atomic E-state index is 12.0. The second-order valence-electron chi connectivity index (χ2n) is 5.43. The van der Waals surface area contributed by atoms with Crippen LogP contribution >= 0.6 is 24.8 Å². The molecule has 0 bridgehead atoms. The molecule has 134 valence electrons. The lowest BCUT2D eigenvalue weighted by atomic mass is 10.2. The van der Waals surface area contributed by atoms with E-state index >= 15 is 0 Å². The molecule has 24 heavy (non-hydrogen) atoms. The summed E-state index contributed by atoms with van der Waals surface area (Å²) in [4.78, 5) is 18.0. The molecule has 1 heterocycles. The molecule has 1 amide bonds. The SMILES string of the molecule is CC(CN)N(C)C(=O)CCCc1ncc(-c2ccccc2)o1.Cl.Cl. The Kier molecular flexibility index (Phi) is 10.4. The van der Waals surface area contributed by atoms with Crippen molar-refractivity contribution >= 4 is 30.7 Å². The minimum Gasteiger partial charge on any atom is -0.441 e. The highest BCUT2D eigenvalue weighted by Crippen LogP contribution is 2.20. The number of halogens is 2. The van der Waals surface area contributed by atoms with Gasteiger partial charge in [0.15, 0.2) is 11.7 Å². The molecule has 7 heteroatoms. The minimum absolute atomic E-state index is 0. The van der Waals surface area contributed by atoms with E-state index < -0.39 is 0 Å². The third-order valence-electron chi connectivity index (χ3n) is 3.79. The van der Waals surface area contributed by atoms with Crippen LogP contribution in [0.25, 0.3) is 11.3 Å². The summed E-state index contributed by atoms with van der Waals surface area (Å²) in [5.74, 6) is 1.53. The normalized spacial score (nSPS) is 11.1. The Morgan fingerprint density at radius 1 is 1.29 bits per heavy atom. The molecule has 1 aromatic heterocycles. The fraction of sp³-hybridized carbons (Fsp3) is 0.412. The van der Waals surface area contributed by atoms with Crippen LogP contribution in [0.3, 0.4) is 0 Å². The summed E-state index contributed by atoms with van der Waals surface area (Å²) in [6.07, 6.45) is 3.58. The van der Waals surface area contributed by atoms with Crippen molar-refractivity contribution in [2.24, 2.45) is 5.73 Å². The average Bonchev–Trinajstić information content (AvgIpc) is 3.03. The van der Waals surface area contributed by atoms with Crippen molar-refractivity contribution in [1.29, 1.82) is 0 Å². The van der Waals surface area contributed by atoms with Gasteiger partial charge >= 0.3 is 0 Å². The van der Waals surface area contributed by atoms with Crippen molar-refractivity contribution in [3.63, 3.8) is 0 Å². The van der Waals surface area contributed by atoms with Crippen LogP contribution in [0.5, 0.6) is 0 Å². The minimum atomic E-state index is 0. The number of amides is 1. The quantitative estimate of drug-likeness (QED) is 0.807. The van der Waals surface area contributed by atoms with Crippen molar-refractivity contribution in [1.82, 2.24) is 9.88 Å². The number of rotatable bonds is 7. The van der Waals surface area contributed by atoms with E-state index in [1.165, 1.54) is 0 Å². The summed E-state index contributed by atoms with van der Waals surface area (Å²) < 4.78 is 5.72. The number of carbonyl (C=O) groups excluding carboxylic acids is 1. The second-order valence-corrected chi connectivity index (χ2v) is 5.43. The van der Waals surface area contributed by atoms with Crippen LogP contribution in [0.2, 0.25) is 0 Å². The van der Waals surface area contributed by atoms with Gasteiger partial charge in [0.25, 0.3) is 0 Å². The molecule has 0 radical (unpaired) electrons. The second kappa shape index (κ2) is 11.1. The monoisotopic (exact) mass is 373 g/mol. The summed E-state index contributed by atoms with van der Waals surface area (Å²) in [7, 11) is 1.79. The van der Waals surface area contributed by atoms with E-state index in [9.17, 15) is 4.79 Å². The molecule has 0 aliphatic rings. The van der Waals surface area contributed by atoms with Gasteiger partial charge in [-0.05, 0) is 13.3 Å². The zero-order chi connectivity index (χ0) is 15.9. The van der Waals surface area contributed by atoms with E-state index in [1.54, 1.807) is 18.1 Å². The molecular weight excluding hydrogens is 349 g/mol. The van der Waals surface area contributed by atoms with Crippen LogP contribution in [-0.4, -0.2) is 35.4 Å². The number of nitrogens with zero attached hydrogens (tertiary/aromatic N) is 2. The molecule has 0 fully saturated rings. The van der Waals surface area contributed by atoms with Gasteiger partial charge in [-0.1, -0.05) is 30.3 Å². The summed E-state index contributed by atoms with van der Waals surface area (Å²) in [5.41, 5.74) is 6.58. The molecule has 1 unspecified atom stereocenters. The smallest absolute Gasteiger partial charge is 0.222 e. The van der Waals surface area contributed by atoms with Crippen LogP contribution < -0.4 is 5.73 Å². The molecule has 2 aromatic rings. The van der Waals surface area contributed by atoms with Crippen LogP contribution in [0.4, 0.5) is 0 Å². The number of hydrogen-bond acceptors (Lipinski definition) is 4. The Bertz CT molecular complexity index is 605. The standard InChI is InChI=1S/C17H23N3O2.2ClH/c1-13(11-18)20(2)17(21)10-6-9-16-19-12-15(22-16)14-7-4-3-5-8-14;;/h3-5,7-8,12-13H,6,9-11,18H2,1-2H3;2*1H. The maximum atomic E-state index is 12.0. The molecule has 0 saturated heterocycles. The lowest BCUT2D eigenvalue weighted by molar-refractivity contribution is -0.131. The summed E-state index contributed by atoms with van der Waals surface area (Å²) in [5, 5.41) is 0. The van der Waals surface area contributed by atoms with Gasteiger partial charge in [-0.15, -0.1) is 24.8 Å². The number of carbonyl (C=O) groups is 1. The van der Waals surface area contributed by atoms with E-state index in [0.29, 0.717) is 25.3 Å². The largest absolute Gasteiger partial charge is 0.441 e. The molecule has 0 saturated carbocycles. The Balaban J connectivity index is 0.00000264.